The van der Waals surface area contributed by atoms with Gasteiger partial charge in [0, 0.05) is 0 Å². The van der Waals surface area contributed by atoms with Crippen LogP contribution in [-0.4, -0.2) is 21.7 Å². The number of rotatable bonds is 2. The van der Waals surface area contributed by atoms with Gasteiger partial charge in [-0.05, 0) is 26.8 Å². The summed E-state index contributed by atoms with van der Waals surface area (Å²) in [6, 6.07) is 1.32. The molecule has 0 atom stereocenters. The Hall–Kier alpha value is -0.910. The summed E-state index contributed by atoms with van der Waals surface area (Å²) < 4.78 is 0. The first-order chi connectivity index (χ1) is 7.29. The molecule has 0 spiro atoms. The molecule has 0 saturated carbocycles. The lowest BCUT2D eigenvalue weighted by Crippen LogP contribution is -2.33. The third kappa shape index (κ3) is 3.92. The first-order valence-electron chi connectivity index (χ1n) is 4.46. The molecule has 0 aliphatic rings. The van der Waals surface area contributed by atoms with Crippen molar-refractivity contribution in [1.82, 2.24) is 15.7 Å². The maximum atomic E-state index is 11.6. The van der Waals surface area contributed by atoms with Gasteiger partial charge in [0.25, 0.3) is 5.91 Å². The molecule has 0 aliphatic carbocycles. The highest BCUT2D eigenvalue weighted by molar-refractivity contribution is 6.34. The third-order valence-corrected chi connectivity index (χ3v) is 1.88. The summed E-state index contributed by atoms with van der Waals surface area (Å²) in [6.07, 6.45) is 0. The average Bonchev–Trinajstić information content (AvgIpc) is 2.17. The Balaban J connectivity index is 2.77. The lowest BCUT2D eigenvalue weighted by Gasteiger charge is -2.18. The highest BCUT2D eigenvalue weighted by atomic mass is 35.5. The normalized spacial score (nSPS) is 11.3. The summed E-state index contributed by atoms with van der Waals surface area (Å²) in [5, 5.41) is 7.06. The molecule has 0 saturated heterocycles. The molecular formula is C9H11Cl2N3O2. The van der Waals surface area contributed by atoms with Crippen molar-refractivity contribution >= 4 is 29.1 Å². The molecule has 0 bridgehead atoms. The monoisotopic (exact) mass is 263 g/mol. The van der Waals surface area contributed by atoms with Gasteiger partial charge < -0.3 is 0 Å². The van der Waals surface area contributed by atoms with Crippen molar-refractivity contribution in [2.75, 3.05) is 0 Å². The molecule has 0 aliphatic heterocycles. The van der Waals surface area contributed by atoms with Gasteiger partial charge in [0.1, 0.15) is 0 Å². The van der Waals surface area contributed by atoms with E-state index in [2.05, 4.69) is 15.7 Å². The van der Waals surface area contributed by atoms with Gasteiger partial charge in [-0.1, -0.05) is 23.2 Å². The van der Waals surface area contributed by atoms with Crippen molar-refractivity contribution in [3.8, 4) is 0 Å². The van der Waals surface area contributed by atoms with Gasteiger partial charge in [-0.2, -0.15) is 0 Å². The first kappa shape index (κ1) is 13.2. The minimum Gasteiger partial charge on any atom is -0.268 e. The number of aromatic nitrogens is 2. The lowest BCUT2D eigenvalue weighted by molar-refractivity contribution is -0.0589. The van der Waals surface area contributed by atoms with Crippen molar-refractivity contribution < 1.29 is 9.63 Å². The number of nitrogens with one attached hydrogen (secondary N) is 1. The molecule has 88 valence electrons. The number of hydrogen-bond donors (Lipinski definition) is 1. The summed E-state index contributed by atoms with van der Waals surface area (Å²) in [5.41, 5.74) is 1.88. The number of nitrogens with zero attached hydrogens (tertiary/aromatic N) is 2. The number of amides is 1. The Bertz CT molecular complexity index is 404. The Morgan fingerprint density at radius 2 is 2.00 bits per heavy atom. The maximum Gasteiger partial charge on any atom is 0.278 e. The standard InChI is InChI=1S/C9H11Cl2N3O2/c1-9(2,3)16-14-8(15)5-4-6(10)12-13-7(5)11/h4H,1-3H3,(H,14,15). The summed E-state index contributed by atoms with van der Waals surface area (Å²) in [6.45, 7) is 5.39. The second-order valence-corrected chi connectivity index (χ2v) is 4.76. The predicted octanol–water partition coefficient (Wildman–Crippen LogP) is 2.24. The molecule has 0 aromatic carbocycles. The molecule has 1 aromatic heterocycles. The molecular weight excluding hydrogens is 253 g/mol. The minimum absolute atomic E-state index is 0.0283. The highest BCUT2D eigenvalue weighted by Crippen LogP contribution is 2.15. The van der Waals surface area contributed by atoms with Gasteiger partial charge >= 0.3 is 0 Å². The van der Waals surface area contributed by atoms with Gasteiger partial charge in [0.15, 0.2) is 10.3 Å². The summed E-state index contributed by atoms with van der Waals surface area (Å²) in [5.74, 6) is -0.517. The van der Waals surface area contributed by atoms with Crippen molar-refractivity contribution in [3.05, 3.63) is 21.9 Å². The lowest BCUT2D eigenvalue weighted by atomic mass is 10.2. The summed E-state index contributed by atoms with van der Waals surface area (Å²) >= 11 is 11.3. The Kier molecular flexibility index (Phi) is 4.07. The number of halogens is 2. The first-order valence-corrected chi connectivity index (χ1v) is 5.22. The minimum atomic E-state index is -0.517. The van der Waals surface area contributed by atoms with E-state index in [0.29, 0.717) is 0 Å². The SMILES string of the molecule is CC(C)(C)ONC(=O)c1cc(Cl)nnc1Cl. The predicted molar refractivity (Wildman–Crippen MR) is 60.4 cm³/mol. The third-order valence-electron chi connectivity index (χ3n) is 1.41. The van der Waals surface area contributed by atoms with E-state index in [-0.39, 0.29) is 15.9 Å². The molecule has 1 amide bonds. The van der Waals surface area contributed by atoms with Crippen molar-refractivity contribution in [2.45, 2.75) is 26.4 Å². The van der Waals surface area contributed by atoms with Crippen molar-refractivity contribution in [2.24, 2.45) is 0 Å². The number of hydrogen-bond acceptors (Lipinski definition) is 4. The van der Waals surface area contributed by atoms with Crippen LogP contribution in [0.25, 0.3) is 0 Å². The fraction of sp³-hybridized carbons (Fsp3) is 0.444. The van der Waals surface area contributed by atoms with Crippen LogP contribution in [0.15, 0.2) is 6.07 Å². The van der Waals surface area contributed by atoms with Gasteiger partial charge in [-0.3, -0.25) is 9.63 Å². The van der Waals surface area contributed by atoms with Gasteiger partial charge in [0.05, 0.1) is 11.2 Å². The molecule has 1 rings (SSSR count). The van der Waals surface area contributed by atoms with Crippen LogP contribution in [0.2, 0.25) is 10.3 Å². The van der Waals surface area contributed by atoms with E-state index in [1.165, 1.54) is 6.07 Å². The van der Waals surface area contributed by atoms with E-state index in [1.54, 1.807) is 20.8 Å². The van der Waals surface area contributed by atoms with Gasteiger partial charge in [-0.15, -0.1) is 10.2 Å². The van der Waals surface area contributed by atoms with E-state index < -0.39 is 11.5 Å². The van der Waals surface area contributed by atoms with Crippen molar-refractivity contribution in [3.63, 3.8) is 0 Å². The maximum absolute atomic E-state index is 11.6. The van der Waals surface area contributed by atoms with Crippen LogP contribution in [0.5, 0.6) is 0 Å². The fourth-order valence-corrected chi connectivity index (χ4v) is 1.09. The molecule has 0 unspecified atom stereocenters. The molecule has 0 radical (unpaired) electrons. The van der Waals surface area contributed by atoms with Crippen LogP contribution in [0.1, 0.15) is 31.1 Å². The summed E-state index contributed by atoms with van der Waals surface area (Å²) in [7, 11) is 0. The Labute approximate surface area is 103 Å². The quantitative estimate of drug-likeness (QED) is 0.832. The van der Waals surface area contributed by atoms with E-state index in [1.807, 2.05) is 0 Å². The molecule has 5 nitrogen and oxygen atoms in total. The summed E-state index contributed by atoms with van der Waals surface area (Å²) in [4.78, 5) is 16.7. The second kappa shape index (κ2) is 4.95. The van der Waals surface area contributed by atoms with E-state index in [4.69, 9.17) is 28.0 Å². The van der Waals surface area contributed by atoms with Gasteiger partial charge in [0.2, 0.25) is 0 Å². The Morgan fingerprint density at radius 1 is 1.38 bits per heavy atom. The van der Waals surface area contributed by atoms with Crippen LogP contribution in [-0.2, 0) is 4.84 Å². The highest BCUT2D eigenvalue weighted by Gasteiger charge is 2.17. The van der Waals surface area contributed by atoms with Crippen LogP contribution in [0.4, 0.5) is 0 Å². The van der Waals surface area contributed by atoms with Gasteiger partial charge in [-0.25, -0.2) is 5.48 Å². The molecule has 0 fully saturated rings. The molecule has 7 heteroatoms. The average molecular weight is 264 g/mol. The second-order valence-electron chi connectivity index (χ2n) is 4.02. The van der Waals surface area contributed by atoms with Crippen LogP contribution in [0, 0.1) is 0 Å². The van der Waals surface area contributed by atoms with Crippen LogP contribution < -0.4 is 5.48 Å². The molecule has 1 aromatic rings. The van der Waals surface area contributed by atoms with Crippen LogP contribution in [0.3, 0.4) is 0 Å². The number of carbonyl (C=O) groups is 1. The van der Waals surface area contributed by atoms with Crippen molar-refractivity contribution in [1.29, 1.82) is 0 Å². The zero-order valence-corrected chi connectivity index (χ0v) is 10.6. The molecule has 1 heterocycles. The molecule has 1 N–H and O–H groups in total. The van der Waals surface area contributed by atoms with Crippen LogP contribution >= 0.6 is 23.2 Å². The zero-order valence-electron chi connectivity index (χ0n) is 9.04. The molecule has 16 heavy (non-hydrogen) atoms. The zero-order chi connectivity index (χ0) is 12.3. The Morgan fingerprint density at radius 3 is 2.56 bits per heavy atom. The number of carbonyl (C=O) groups excluding carboxylic acids is 1. The van der Waals surface area contributed by atoms with E-state index in [0.717, 1.165) is 0 Å². The van der Waals surface area contributed by atoms with E-state index >= 15 is 0 Å². The topological polar surface area (TPSA) is 64.1 Å². The smallest absolute Gasteiger partial charge is 0.268 e. The number of hydroxylamine groups is 1. The largest absolute Gasteiger partial charge is 0.278 e. The van der Waals surface area contributed by atoms with E-state index in [9.17, 15) is 4.79 Å². The fourth-order valence-electron chi connectivity index (χ4n) is 0.767.